The standard InChI is InChI=1S/C7H15O2.2CH3.Al/c1-3-5-7(8)9-6-4-2;;;/h7H,3-6H2,1-2H3;2*1H3;/q-1;;;+1. The molecule has 2 nitrogen and oxygen atoms in total. The summed E-state index contributed by atoms with van der Waals surface area (Å²) in [7, 11) is 0. The molecule has 0 saturated heterocycles. The second kappa shape index (κ2) is 8.07. The fourth-order valence-corrected chi connectivity index (χ4v) is 1.80. The van der Waals surface area contributed by atoms with Gasteiger partial charge in [-0.1, -0.05) is 31.8 Å². The lowest BCUT2D eigenvalue weighted by molar-refractivity contribution is -0.0863. The lowest BCUT2D eigenvalue weighted by atomic mass is 10.3. The van der Waals surface area contributed by atoms with Crippen LogP contribution in [0.5, 0.6) is 0 Å². The fraction of sp³-hybridized carbons (Fsp3) is 1.00. The maximum absolute atomic E-state index is 5.71. The van der Waals surface area contributed by atoms with Gasteiger partial charge in [-0.25, -0.2) is 0 Å². The predicted octanol–water partition coefficient (Wildman–Crippen LogP) is 2.81. The third-order valence-electron chi connectivity index (χ3n) is 1.46. The molecule has 0 bridgehead atoms. The molecule has 0 fully saturated rings. The summed E-state index contributed by atoms with van der Waals surface area (Å²) >= 11 is -0.928. The van der Waals surface area contributed by atoms with Gasteiger partial charge in [0.25, 0.3) is 0 Å². The van der Waals surface area contributed by atoms with Gasteiger partial charge in [0.15, 0.2) is 0 Å². The van der Waals surface area contributed by atoms with Crippen molar-refractivity contribution in [2.24, 2.45) is 0 Å². The highest BCUT2D eigenvalue weighted by Crippen LogP contribution is 2.06. The van der Waals surface area contributed by atoms with Crippen molar-refractivity contribution in [3.8, 4) is 0 Å². The maximum Gasteiger partial charge on any atom is 0.455 e. The van der Waals surface area contributed by atoms with Crippen molar-refractivity contribution in [2.75, 3.05) is 6.61 Å². The molecule has 0 radical (unpaired) electrons. The summed E-state index contributed by atoms with van der Waals surface area (Å²) in [5.74, 6) is 4.36. The Morgan fingerprint density at radius 1 is 1.17 bits per heavy atom. The molecule has 1 atom stereocenters. The van der Waals surface area contributed by atoms with Gasteiger partial charge in [-0.15, -0.1) is 0 Å². The Kier molecular flexibility index (Phi) is 8.37. The SMILES string of the molecule is CCCOC(CCC)[O][Al]([CH3])[CH3]. The van der Waals surface area contributed by atoms with E-state index in [4.69, 9.17) is 8.53 Å². The molecule has 12 heavy (non-hydrogen) atoms. The van der Waals surface area contributed by atoms with E-state index in [0.717, 1.165) is 25.9 Å². The molecular weight excluding hydrogens is 167 g/mol. The number of hydrogen-bond donors (Lipinski definition) is 0. The molecule has 0 aromatic heterocycles. The van der Waals surface area contributed by atoms with Crippen molar-refractivity contribution < 1.29 is 8.53 Å². The first-order valence-electron chi connectivity index (χ1n) is 4.97. The van der Waals surface area contributed by atoms with Gasteiger partial charge in [0, 0.05) is 6.61 Å². The van der Waals surface area contributed by atoms with E-state index in [9.17, 15) is 0 Å². The molecule has 0 amide bonds. The Morgan fingerprint density at radius 2 is 1.83 bits per heavy atom. The van der Waals surface area contributed by atoms with Gasteiger partial charge in [-0.3, -0.25) is 0 Å². The van der Waals surface area contributed by atoms with Crippen LogP contribution < -0.4 is 0 Å². The zero-order valence-corrected chi connectivity index (χ0v) is 9.95. The highest BCUT2D eigenvalue weighted by Gasteiger charge is 2.13. The van der Waals surface area contributed by atoms with Gasteiger partial charge in [0.2, 0.25) is 0 Å². The van der Waals surface area contributed by atoms with Crippen LogP contribution in [0.3, 0.4) is 0 Å². The van der Waals surface area contributed by atoms with Crippen LogP contribution >= 0.6 is 0 Å². The number of hydrogen-bond acceptors (Lipinski definition) is 2. The van der Waals surface area contributed by atoms with E-state index in [-0.39, 0.29) is 6.29 Å². The maximum atomic E-state index is 5.71. The predicted molar refractivity (Wildman–Crippen MR) is 53.5 cm³/mol. The van der Waals surface area contributed by atoms with Crippen molar-refractivity contribution in [2.45, 2.75) is 51.0 Å². The lowest BCUT2D eigenvalue weighted by Crippen LogP contribution is -2.23. The van der Waals surface area contributed by atoms with Gasteiger partial charge in [0.1, 0.15) is 6.29 Å². The third-order valence-corrected chi connectivity index (χ3v) is 2.30. The molecule has 0 rings (SSSR count). The first kappa shape index (κ1) is 12.5. The number of rotatable bonds is 7. The minimum Gasteiger partial charge on any atom is -0.478 e. The first-order valence-corrected chi connectivity index (χ1v) is 7.75. The Bertz CT molecular complexity index is 96.5. The zero-order valence-electron chi connectivity index (χ0n) is 8.80. The van der Waals surface area contributed by atoms with Crippen LogP contribution in [0.4, 0.5) is 0 Å². The monoisotopic (exact) mass is 188 g/mol. The molecule has 0 aromatic carbocycles. The third kappa shape index (κ3) is 7.12. The average molecular weight is 188 g/mol. The van der Waals surface area contributed by atoms with Crippen molar-refractivity contribution in [3.63, 3.8) is 0 Å². The minimum absolute atomic E-state index is 0.0709. The first-order chi connectivity index (χ1) is 5.70. The van der Waals surface area contributed by atoms with Crippen molar-refractivity contribution in [1.82, 2.24) is 0 Å². The summed E-state index contributed by atoms with van der Waals surface area (Å²) in [6.45, 7) is 5.11. The molecule has 0 aliphatic carbocycles. The molecular formula is C9H21AlO2. The number of ether oxygens (including phenoxy) is 1. The van der Waals surface area contributed by atoms with E-state index in [1.165, 1.54) is 0 Å². The van der Waals surface area contributed by atoms with Crippen LogP contribution in [0.1, 0.15) is 33.1 Å². The largest absolute Gasteiger partial charge is 0.478 e. The second-order valence-corrected chi connectivity index (χ2v) is 5.64. The molecule has 1 unspecified atom stereocenters. The van der Waals surface area contributed by atoms with Gasteiger partial charge < -0.3 is 8.53 Å². The molecule has 3 heteroatoms. The summed E-state index contributed by atoms with van der Waals surface area (Å²) < 4.78 is 11.3. The molecule has 72 valence electrons. The fourth-order valence-electron chi connectivity index (χ4n) is 0.979. The van der Waals surface area contributed by atoms with Crippen molar-refractivity contribution in [3.05, 3.63) is 0 Å². The van der Waals surface area contributed by atoms with Gasteiger partial charge >= 0.3 is 14.5 Å². The summed E-state index contributed by atoms with van der Waals surface area (Å²) in [4.78, 5) is 0. The molecule has 0 saturated carbocycles. The van der Waals surface area contributed by atoms with E-state index in [2.05, 4.69) is 25.4 Å². The normalized spacial score (nSPS) is 13.0. The van der Waals surface area contributed by atoms with E-state index in [0.29, 0.717) is 0 Å². The Labute approximate surface area is 81.0 Å². The van der Waals surface area contributed by atoms with Crippen LogP contribution in [-0.4, -0.2) is 27.4 Å². The van der Waals surface area contributed by atoms with E-state index in [1.54, 1.807) is 0 Å². The Hall–Kier alpha value is 0.452. The molecule has 0 N–H and O–H groups in total. The van der Waals surface area contributed by atoms with Crippen LogP contribution in [0.25, 0.3) is 0 Å². The molecule has 0 aromatic rings. The Morgan fingerprint density at radius 3 is 2.25 bits per heavy atom. The highest BCUT2D eigenvalue weighted by molar-refractivity contribution is 6.48. The Balaban J connectivity index is 3.54. The molecule has 0 spiro atoms. The van der Waals surface area contributed by atoms with Crippen LogP contribution in [0.2, 0.25) is 11.6 Å². The van der Waals surface area contributed by atoms with E-state index >= 15 is 0 Å². The molecule has 0 aliphatic heterocycles. The minimum atomic E-state index is -0.928. The van der Waals surface area contributed by atoms with Gasteiger partial charge in [0.05, 0.1) is 0 Å². The summed E-state index contributed by atoms with van der Waals surface area (Å²) in [5.41, 5.74) is 0. The summed E-state index contributed by atoms with van der Waals surface area (Å²) in [6.07, 6.45) is 3.31. The van der Waals surface area contributed by atoms with Gasteiger partial charge in [-0.2, -0.15) is 0 Å². The lowest BCUT2D eigenvalue weighted by Gasteiger charge is -2.19. The van der Waals surface area contributed by atoms with Crippen molar-refractivity contribution >= 4 is 14.5 Å². The van der Waals surface area contributed by atoms with Crippen LogP contribution in [0.15, 0.2) is 0 Å². The van der Waals surface area contributed by atoms with Gasteiger partial charge in [-0.05, 0) is 12.8 Å². The summed E-state index contributed by atoms with van der Waals surface area (Å²) in [6, 6.07) is 0. The quantitative estimate of drug-likeness (QED) is 0.452. The topological polar surface area (TPSA) is 18.5 Å². The second-order valence-electron chi connectivity index (χ2n) is 3.27. The highest BCUT2D eigenvalue weighted by atomic mass is 27.2. The molecule has 0 aliphatic rings. The van der Waals surface area contributed by atoms with Crippen molar-refractivity contribution in [1.29, 1.82) is 0 Å². The smallest absolute Gasteiger partial charge is 0.455 e. The van der Waals surface area contributed by atoms with E-state index < -0.39 is 14.5 Å². The summed E-state index contributed by atoms with van der Waals surface area (Å²) in [5, 5.41) is 0. The zero-order chi connectivity index (χ0) is 9.40. The van der Waals surface area contributed by atoms with Crippen LogP contribution in [-0.2, 0) is 8.53 Å². The van der Waals surface area contributed by atoms with E-state index in [1.807, 2.05) is 0 Å². The van der Waals surface area contributed by atoms with Crippen LogP contribution in [0, 0.1) is 0 Å². The molecule has 0 heterocycles. The average Bonchev–Trinajstić information content (AvgIpc) is 2.00.